The Labute approximate surface area is 344 Å². The Bertz CT molecular complexity index is 3120. The topological polar surface area (TPSA) is 3.24 Å². The van der Waals surface area contributed by atoms with E-state index in [1.807, 2.05) is 11.8 Å². The average molecular weight is 758 g/mol. The molecule has 1 atom stereocenters. The summed E-state index contributed by atoms with van der Waals surface area (Å²) in [5.74, 6) is 0. The molecular formula is C56H39NS. The van der Waals surface area contributed by atoms with E-state index >= 15 is 0 Å². The maximum absolute atomic E-state index is 2.42. The average Bonchev–Trinajstić information content (AvgIpc) is 3.70. The van der Waals surface area contributed by atoms with Crippen molar-refractivity contribution in [3.8, 4) is 33.4 Å². The molecule has 0 amide bonds. The standard InChI is InChI=1S/C56H39NS/c1-55(2)47-23-10-8-19-43(47)45-33-32-40(35-50(45)55)57(38-16-4-3-5-17-38)39-30-27-37(28-31-39)41-21-14-22-46-44-20-9-11-24-48(44)56(53(41)46)49-25-12-13-26-51(49)58-52-34-29-36-15-6-7-18-42(36)54(52)56/h3-35H,1-2H3. The molecule has 0 bridgehead atoms. The van der Waals surface area contributed by atoms with Crippen LogP contribution in [0.15, 0.2) is 210 Å². The van der Waals surface area contributed by atoms with E-state index in [1.54, 1.807) is 0 Å². The fourth-order valence-corrected chi connectivity index (χ4v) is 11.8. The van der Waals surface area contributed by atoms with Crippen molar-refractivity contribution in [2.45, 2.75) is 34.5 Å². The second kappa shape index (κ2) is 12.4. The highest BCUT2D eigenvalue weighted by atomic mass is 32.2. The molecule has 0 saturated heterocycles. The normalized spacial score (nSPS) is 16.2. The summed E-state index contributed by atoms with van der Waals surface area (Å²) in [6.45, 7) is 4.72. The van der Waals surface area contributed by atoms with Crippen LogP contribution in [0.1, 0.15) is 47.2 Å². The van der Waals surface area contributed by atoms with Crippen LogP contribution in [0.25, 0.3) is 44.2 Å². The summed E-state index contributed by atoms with van der Waals surface area (Å²) >= 11 is 1.91. The highest BCUT2D eigenvalue weighted by Gasteiger charge is 2.52. The molecule has 1 spiro atoms. The molecule has 3 aliphatic rings. The first-order valence-corrected chi connectivity index (χ1v) is 21.1. The second-order valence-corrected chi connectivity index (χ2v) is 17.5. The Balaban J connectivity index is 1.06. The van der Waals surface area contributed by atoms with Gasteiger partial charge in [-0.1, -0.05) is 177 Å². The molecule has 9 aromatic rings. The SMILES string of the molecule is CC1(C)c2ccccc2-c2ccc(N(c3ccccc3)c3ccc(-c4cccc5c4C4(c6ccccc6Sc6ccc7ccccc7c64)c4ccccc4-5)cc3)cc21. The molecule has 0 N–H and O–H groups in total. The number of rotatable bonds is 4. The quantitative estimate of drug-likeness (QED) is 0.176. The molecule has 274 valence electrons. The fourth-order valence-electron chi connectivity index (χ4n) is 10.6. The van der Waals surface area contributed by atoms with Crippen LogP contribution in [-0.2, 0) is 10.8 Å². The Hall–Kier alpha value is -6.61. The zero-order valence-corrected chi connectivity index (χ0v) is 33.2. The lowest BCUT2D eigenvalue weighted by Crippen LogP contribution is -2.32. The van der Waals surface area contributed by atoms with Gasteiger partial charge < -0.3 is 4.90 Å². The number of anilines is 3. The Kier molecular flexibility index (Phi) is 7.19. The molecule has 0 aromatic heterocycles. The summed E-state index contributed by atoms with van der Waals surface area (Å²) in [6, 6.07) is 74.9. The minimum absolute atomic E-state index is 0.0877. The van der Waals surface area contributed by atoms with Crippen LogP contribution in [0.2, 0.25) is 0 Å². The number of hydrogen-bond acceptors (Lipinski definition) is 2. The van der Waals surface area contributed by atoms with Crippen LogP contribution in [-0.4, -0.2) is 0 Å². The van der Waals surface area contributed by atoms with Gasteiger partial charge in [0.1, 0.15) is 0 Å². The summed E-state index contributed by atoms with van der Waals surface area (Å²) in [6.07, 6.45) is 0. The molecule has 1 nitrogen and oxygen atoms in total. The second-order valence-electron chi connectivity index (χ2n) is 16.4. The van der Waals surface area contributed by atoms with Gasteiger partial charge in [0, 0.05) is 32.3 Å². The summed E-state index contributed by atoms with van der Waals surface area (Å²) in [7, 11) is 0. The first kappa shape index (κ1) is 33.5. The summed E-state index contributed by atoms with van der Waals surface area (Å²) in [5.41, 5.74) is 18.9. The van der Waals surface area contributed by atoms with E-state index in [9.17, 15) is 0 Å². The number of benzene rings is 9. The van der Waals surface area contributed by atoms with E-state index in [0.717, 1.165) is 17.1 Å². The monoisotopic (exact) mass is 757 g/mol. The molecule has 1 unspecified atom stereocenters. The molecule has 0 radical (unpaired) electrons. The number of para-hydroxylation sites is 1. The lowest BCUT2D eigenvalue weighted by atomic mass is 9.64. The van der Waals surface area contributed by atoms with Crippen LogP contribution in [0.4, 0.5) is 17.1 Å². The van der Waals surface area contributed by atoms with E-state index in [-0.39, 0.29) is 5.41 Å². The number of fused-ring (bicyclic) bond motifs is 14. The molecule has 1 aliphatic heterocycles. The molecule has 0 saturated carbocycles. The molecule has 0 fully saturated rings. The zero-order chi connectivity index (χ0) is 38.6. The summed E-state index contributed by atoms with van der Waals surface area (Å²) in [4.78, 5) is 5.05. The lowest BCUT2D eigenvalue weighted by molar-refractivity contribution is 0.660. The summed E-state index contributed by atoms with van der Waals surface area (Å²) < 4.78 is 0. The fraction of sp³-hybridized carbons (Fsp3) is 0.0714. The van der Waals surface area contributed by atoms with Gasteiger partial charge in [0.2, 0.25) is 0 Å². The third-order valence-electron chi connectivity index (χ3n) is 13.1. The summed E-state index contributed by atoms with van der Waals surface area (Å²) in [5, 5.41) is 2.59. The van der Waals surface area contributed by atoms with Crippen molar-refractivity contribution in [1.82, 2.24) is 0 Å². The van der Waals surface area contributed by atoms with Gasteiger partial charge in [-0.2, -0.15) is 0 Å². The van der Waals surface area contributed by atoms with Crippen molar-refractivity contribution in [2.24, 2.45) is 0 Å². The van der Waals surface area contributed by atoms with Crippen molar-refractivity contribution >= 4 is 39.6 Å². The maximum atomic E-state index is 2.42. The van der Waals surface area contributed by atoms with Gasteiger partial charge in [-0.15, -0.1) is 0 Å². The third-order valence-corrected chi connectivity index (χ3v) is 14.2. The van der Waals surface area contributed by atoms with Gasteiger partial charge in [0.25, 0.3) is 0 Å². The van der Waals surface area contributed by atoms with E-state index in [2.05, 4.69) is 219 Å². The first-order chi connectivity index (χ1) is 28.5. The highest BCUT2D eigenvalue weighted by Crippen LogP contribution is 2.65. The lowest BCUT2D eigenvalue weighted by Gasteiger charge is -2.41. The maximum Gasteiger partial charge on any atom is 0.0747 e. The van der Waals surface area contributed by atoms with E-state index < -0.39 is 5.41 Å². The van der Waals surface area contributed by atoms with E-state index in [0.29, 0.717) is 0 Å². The smallest absolute Gasteiger partial charge is 0.0747 e. The Morgan fingerprint density at radius 1 is 0.379 bits per heavy atom. The number of nitrogens with zero attached hydrogens (tertiary/aromatic N) is 1. The highest BCUT2D eigenvalue weighted by molar-refractivity contribution is 7.99. The number of hydrogen-bond donors (Lipinski definition) is 0. The van der Waals surface area contributed by atoms with Gasteiger partial charge in [-0.05, 0) is 126 Å². The largest absolute Gasteiger partial charge is 0.310 e. The van der Waals surface area contributed by atoms with Gasteiger partial charge in [-0.3, -0.25) is 0 Å². The predicted molar refractivity (Wildman–Crippen MR) is 243 cm³/mol. The molecule has 1 heterocycles. The van der Waals surface area contributed by atoms with Crippen LogP contribution in [0.3, 0.4) is 0 Å². The molecule has 2 aliphatic carbocycles. The molecule has 9 aromatic carbocycles. The van der Waals surface area contributed by atoms with Crippen molar-refractivity contribution in [3.05, 3.63) is 234 Å². The van der Waals surface area contributed by atoms with Crippen LogP contribution in [0, 0.1) is 0 Å². The molecule has 2 heteroatoms. The molecule has 58 heavy (non-hydrogen) atoms. The third kappa shape index (κ3) is 4.55. The zero-order valence-electron chi connectivity index (χ0n) is 32.4. The van der Waals surface area contributed by atoms with Gasteiger partial charge in [-0.25, -0.2) is 0 Å². The van der Waals surface area contributed by atoms with Crippen LogP contribution < -0.4 is 4.90 Å². The minimum atomic E-state index is -0.496. The van der Waals surface area contributed by atoms with Gasteiger partial charge >= 0.3 is 0 Å². The van der Waals surface area contributed by atoms with Crippen LogP contribution >= 0.6 is 11.8 Å². The first-order valence-electron chi connectivity index (χ1n) is 20.3. The Morgan fingerprint density at radius 3 is 1.81 bits per heavy atom. The van der Waals surface area contributed by atoms with Crippen molar-refractivity contribution in [1.29, 1.82) is 0 Å². The van der Waals surface area contributed by atoms with E-state index in [4.69, 9.17) is 0 Å². The minimum Gasteiger partial charge on any atom is -0.310 e. The van der Waals surface area contributed by atoms with Crippen molar-refractivity contribution in [3.63, 3.8) is 0 Å². The Morgan fingerprint density at radius 2 is 0.983 bits per heavy atom. The molecule has 12 rings (SSSR count). The molecular weight excluding hydrogens is 719 g/mol. The van der Waals surface area contributed by atoms with Crippen LogP contribution in [0.5, 0.6) is 0 Å². The van der Waals surface area contributed by atoms with Crippen molar-refractivity contribution < 1.29 is 0 Å². The van der Waals surface area contributed by atoms with Gasteiger partial charge in [0.15, 0.2) is 0 Å². The van der Waals surface area contributed by atoms with E-state index in [1.165, 1.54) is 87.3 Å². The predicted octanol–water partition coefficient (Wildman–Crippen LogP) is 15.1. The van der Waals surface area contributed by atoms with Gasteiger partial charge in [0.05, 0.1) is 5.41 Å². The van der Waals surface area contributed by atoms with Crippen molar-refractivity contribution in [2.75, 3.05) is 4.90 Å².